The highest BCUT2D eigenvalue weighted by atomic mass is 31.2. The molecule has 0 aliphatic rings. The maximum absolute atomic E-state index is 11.1. The molecule has 8 N–H and O–H groups in total. The molecular weight excluding hydrogens is 386 g/mol. The van der Waals surface area contributed by atoms with E-state index in [0.717, 1.165) is 0 Å². The first-order valence-electron chi connectivity index (χ1n) is 8.06. The van der Waals surface area contributed by atoms with Crippen LogP contribution >= 0.6 is 17.2 Å². The average molecular weight is 422 g/mol. The SMILES string of the molecule is CC(C)(C)CC(O)(CC(C)(C)C)C(CO)(CO)CO.OP(O)OP(O)O. The molecule has 0 saturated heterocycles. The lowest BCUT2D eigenvalue weighted by atomic mass is 9.61. The maximum atomic E-state index is 11.1. The highest BCUT2D eigenvalue weighted by molar-refractivity contribution is 7.53. The Morgan fingerprint density at radius 3 is 1.04 bits per heavy atom. The van der Waals surface area contributed by atoms with E-state index < -0.39 is 48.0 Å². The van der Waals surface area contributed by atoms with Crippen LogP contribution in [-0.2, 0) is 4.31 Å². The highest BCUT2D eigenvalue weighted by Crippen LogP contribution is 2.46. The molecule has 0 fully saturated rings. The zero-order valence-corrected chi connectivity index (χ0v) is 18.2. The lowest BCUT2D eigenvalue weighted by Crippen LogP contribution is -2.58. The van der Waals surface area contributed by atoms with Gasteiger partial charge in [-0.1, -0.05) is 41.5 Å². The Bertz CT molecular complexity index is 344. The zero-order valence-electron chi connectivity index (χ0n) is 16.4. The molecule has 0 bridgehead atoms. The van der Waals surface area contributed by atoms with E-state index in [4.69, 9.17) is 19.6 Å². The van der Waals surface area contributed by atoms with Crippen LogP contribution in [0.5, 0.6) is 0 Å². The van der Waals surface area contributed by atoms with Crippen LogP contribution < -0.4 is 0 Å². The van der Waals surface area contributed by atoms with Crippen molar-refractivity contribution in [1.29, 1.82) is 0 Å². The van der Waals surface area contributed by atoms with Crippen LogP contribution in [0.15, 0.2) is 0 Å². The van der Waals surface area contributed by atoms with Gasteiger partial charge in [0, 0.05) is 0 Å². The molecule has 0 aromatic carbocycles. The van der Waals surface area contributed by atoms with Crippen molar-refractivity contribution >= 4 is 17.2 Å². The van der Waals surface area contributed by atoms with Gasteiger partial charge in [-0.05, 0) is 23.7 Å². The fraction of sp³-hybridized carbons (Fsp3) is 1.00. The Labute approximate surface area is 158 Å². The van der Waals surface area contributed by atoms with Gasteiger partial charge in [0.05, 0.1) is 30.8 Å². The van der Waals surface area contributed by atoms with Gasteiger partial charge >= 0.3 is 17.2 Å². The number of aliphatic hydroxyl groups is 4. The summed E-state index contributed by atoms with van der Waals surface area (Å²) < 4.78 is 3.60. The van der Waals surface area contributed by atoms with Gasteiger partial charge in [-0.25, -0.2) is 4.31 Å². The summed E-state index contributed by atoms with van der Waals surface area (Å²) in [6, 6.07) is 0. The molecule has 11 heteroatoms. The molecule has 0 amide bonds. The minimum absolute atomic E-state index is 0.176. The van der Waals surface area contributed by atoms with Gasteiger partial charge in [-0.3, -0.25) is 0 Å². The summed E-state index contributed by atoms with van der Waals surface area (Å²) in [6.07, 6.45) is 0.803. The molecule has 0 radical (unpaired) electrons. The van der Waals surface area contributed by atoms with Crippen LogP contribution in [0.4, 0.5) is 0 Å². The van der Waals surface area contributed by atoms with Gasteiger partial charge in [0.15, 0.2) is 0 Å². The Hall–Kier alpha value is 0.500. The third-order valence-corrected chi connectivity index (χ3v) is 4.86. The van der Waals surface area contributed by atoms with Crippen molar-refractivity contribution < 1.29 is 44.3 Å². The Balaban J connectivity index is 0. The fourth-order valence-corrected chi connectivity index (χ4v) is 3.37. The molecule has 0 aliphatic carbocycles. The molecule has 0 spiro atoms. The molecule has 0 aromatic heterocycles. The Morgan fingerprint density at radius 1 is 0.654 bits per heavy atom. The molecule has 9 nitrogen and oxygen atoms in total. The molecule has 0 heterocycles. The quantitative estimate of drug-likeness (QED) is 0.266. The Morgan fingerprint density at radius 2 is 0.923 bits per heavy atom. The first kappa shape index (κ1) is 28.7. The van der Waals surface area contributed by atoms with Gasteiger partial charge in [0.2, 0.25) is 0 Å². The number of rotatable bonds is 8. The van der Waals surface area contributed by atoms with Crippen molar-refractivity contribution in [3.05, 3.63) is 0 Å². The van der Waals surface area contributed by atoms with Gasteiger partial charge < -0.3 is 40.0 Å². The van der Waals surface area contributed by atoms with Crippen molar-refractivity contribution in [2.24, 2.45) is 16.2 Å². The predicted octanol–water partition coefficient (Wildman–Crippen LogP) is 0.979. The lowest BCUT2D eigenvalue weighted by molar-refractivity contribution is -0.182. The van der Waals surface area contributed by atoms with Crippen LogP contribution in [0.2, 0.25) is 0 Å². The lowest BCUT2D eigenvalue weighted by Gasteiger charge is -2.49. The van der Waals surface area contributed by atoms with E-state index in [-0.39, 0.29) is 10.8 Å². The minimum atomic E-state index is -2.61. The monoisotopic (exact) mass is 422 g/mol. The van der Waals surface area contributed by atoms with E-state index >= 15 is 0 Å². The van der Waals surface area contributed by atoms with Gasteiger partial charge in [0.25, 0.3) is 0 Å². The summed E-state index contributed by atoms with van der Waals surface area (Å²) in [7, 11) is -5.22. The molecular formula is C15H36O9P2. The van der Waals surface area contributed by atoms with Crippen LogP contribution in [0.1, 0.15) is 54.4 Å². The third kappa shape index (κ3) is 11.4. The van der Waals surface area contributed by atoms with Gasteiger partial charge in [0.1, 0.15) is 0 Å². The summed E-state index contributed by atoms with van der Waals surface area (Å²) in [4.78, 5) is 31.3. The second-order valence-corrected chi connectivity index (χ2v) is 10.5. The van der Waals surface area contributed by atoms with E-state index in [1.165, 1.54) is 0 Å². The standard InChI is InChI=1S/C15H32O4.H4O5P2/c1-12(2,3)7-15(19,8-13(4,5)6)14(9-16,10-17)11-18;1-6(2)5-7(3)4/h16-19H,7-11H2,1-6H3;1-4H. The number of hydrogen-bond acceptors (Lipinski definition) is 9. The van der Waals surface area contributed by atoms with E-state index in [1.807, 2.05) is 41.5 Å². The molecule has 0 aromatic rings. The third-order valence-electron chi connectivity index (χ3n) is 3.69. The second-order valence-electron chi connectivity index (χ2n) is 8.85. The van der Waals surface area contributed by atoms with Crippen molar-refractivity contribution in [2.75, 3.05) is 19.8 Å². The van der Waals surface area contributed by atoms with Gasteiger partial charge in [-0.15, -0.1) is 0 Å². The zero-order chi connectivity index (χ0) is 21.4. The van der Waals surface area contributed by atoms with Crippen molar-refractivity contribution in [3.63, 3.8) is 0 Å². The topological polar surface area (TPSA) is 171 Å². The minimum Gasteiger partial charge on any atom is -0.395 e. The molecule has 0 saturated carbocycles. The van der Waals surface area contributed by atoms with E-state index in [0.29, 0.717) is 12.8 Å². The molecule has 0 aliphatic heterocycles. The number of hydrogen-bond donors (Lipinski definition) is 8. The molecule has 0 rings (SSSR count). The average Bonchev–Trinajstić information content (AvgIpc) is 2.35. The fourth-order valence-electron chi connectivity index (χ4n) is 2.85. The number of aliphatic hydroxyl groups excluding tert-OH is 3. The molecule has 160 valence electrons. The normalized spacial score (nSPS) is 13.8. The summed E-state index contributed by atoms with van der Waals surface area (Å²) >= 11 is 0. The first-order valence-corrected chi connectivity index (χ1v) is 10.4. The summed E-state index contributed by atoms with van der Waals surface area (Å²) in [5.41, 5.74) is -2.95. The van der Waals surface area contributed by atoms with Crippen molar-refractivity contribution in [1.82, 2.24) is 0 Å². The van der Waals surface area contributed by atoms with Crippen molar-refractivity contribution in [3.8, 4) is 0 Å². The van der Waals surface area contributed by atoms with Gasteiger partial charge in [-0.2, -0.15) is 0 Å². The van der Waals surface area contributed by atoms with Crippen molar-refractivity contribution in [2.45, 2.75) is 60.0 Å². The summed E-state index contributed by atoms with van der Waals surface area (Å²) in [6.45, 7) is 10.7. The summed E-state index contributed by atoms with van der Waals surface area (Å²) in [5.74, 6) is 0. The smallest absolute Gasteiger partial charge is 0.334 e. The maximum Gasteiger partial charge on any atom is 0.334 e. The second kappa shape index (κ2) is 11.5. The van der Waals surface area contributed by atoms with Crippen LogP contribution in [0.3, 0.4) is 0 Å². The molecule has 0 atom stereocenters. The van der Waals surface area contributed by atoms with E-state index in [1.54, 1.807) is 0 Å². The van der Waals surface area contributed by atoms with Crippen LogP contribution in [-0.4, -0.2) is 65.4 Å². The molecule has 0 unspecified atom stereocenters. The van der Waals surface area contributed by atoms with E-state index in [9.17, 15) is 20.4 Å². The largest absolute Gasteiger partial charge is 0.395 e. The van der Waals surface area contributed by atoms with E-state index in [2.05, 4.69) is 4.31 Å². The predicted molar refractivity (Wildman–Crippen MR) is 101 cm³/mol. The van der Waals surface area contributed by atoms with Crippen LogP contribution in [0, 0.1) is 16.2 Å². The Kier molecular flexibility index (Phi) is 12.7. The highest BCUT2D eigenvalue weighted by Gasteiger charge is 2.52. The first-order chi connectivity index (χ1) is 11.5. The van der Waals surface area contributed by atoms with Crippen LogP contribution in [0.25, 0.3) is 0 Å². The summed E-state index contributed by atoms with van der Waals surface area (Å²) in [5, 5.41) is 40.0. The molecule has 26 heavy (non-hydrogen) atoms.